The van der Waals surface area contributed by atoms with E-state index < -0.39 is 0 Å². The van der Waals surface area contributed by atoms with Gasteiger partial charge < -0.3 is 15.1 Å². The summed E-state index contributed by atoms with van der Waals surface area (Å²) < 4.78 is 13.0. The maximum Gasteiger partial charge on any atom is 0.193 e. The summed E-state index contributed by atoms with van der Waals surface area (Å²) in [7, 11) is 0. The van der Waals surface area contributed by atoms with Crippen LogP contribution in [0.5, 0.6) is 0 Å². The number of guanidine groups is 1. The van der Waals surface area contributed by atoms with Crippen molar-refractivity contribution in [2.75, 3.05) is 63.8 Å². The fourth-order valence-corrected chi connectivity index (χ4v) is 3.53. The third-order valence-electron chi connectivity index (χ3n) is 4.98. The molecule has 0 aromatic heterocycles. The Balaban J connectivity index is 1.43. The van der Waals surface area contributed by atoms with E-state index in [4.69, 9.17) is 4.99 Å². The van der Waals surface area contributed by atoms with Gasteiger partial charge >= 0.3 is 0 Å². The van der Waals surface area contributed by atoms with Crippen LogP contribution in [-0.2, 0) is 0 Å². The number of halogens is 1. The van der Waals surface area contributed by atoms with Gasteiger partial charge in [-0.15, -0.1) is 0 Å². The number of nitrogens with one attached hydrogen (secondary N) is 1. The van der Waals surface area contributed by atoms with E-state index in [9.17, 15) is 4.39 Å². The molecule has 25 heavy (non-hydrogen) atoms. The van der Waals surface area contributed by atoms with Gasteiger partial charge in [0.2, 0.25) is 0 Å². The predicted octanol–water partition coefficient (Wildman–Crippen LogP) is 2.01. The summed E-state index contributed by atoms with van der Waals surface area (Å²) in [5.41, 5.74) is 1.11. The molecule has 0 unspecified atom stereocenters. The van der Waals surface area contributed by atoms with Gasteiger partial charge in [0.15, 0.2) is 5.96 Å². The average molecular weight is 347 g/mol. The zero-order chi connectivity index (χ0) is 17.5. The normalized spacial score (nSPS) is 19.5. The SMILES string of the molecule is CCNC(=NCCN1CCN(c2ccc(F)cc2)CC1)N1CCCC1. The second-order valence-corrected chi connectivity index (χ2v) is 6.73. The van der Waals surface area contributed by atoms with Crippen molar-refractivity contribution in [1.82, 2.24) is 15.1 Å². The van der Waals surface area contributed by atoms with Crippen molar-refractivity contribution in [1.29, 1.82) is 0 Å². The molecular formula is C19H30FN5. The third-order valence-corrected chi connectivity index (χ3v) is 4.98. The molecule has 2 saturated heterocycles. The zero-order valence-electron chi connectivity index (χ0n) is 15.3. The molecule has 3 rings (SSSR count). The first-order chi connectivity index (χ1) is 12.3. The molecule has 1 aromatic rings. The van der Waals surface area contributed by atoms with E-state index in [-0.39, 0.29) is 5.82 Å². The molecule has 0 aliphatic carbocycles. The van der Waals surface area contributed by atoms with E-state index in [1.165, 1.54) is 25.0 Å². The first-order valence-corrected chi connectivity index (χ1v) is 9.52. The van der Waals surface area contributed by atoms with E-state index in [0.29, 0.717) is 0 Å². The van der Waals surface area contributed by atoms with Crippen LogP contribution in [0.4, 0.5) is 10.1 Å². The molecule has 0 bridgehead atoms. The van der Waals surface area contributed by atoms with Gasteiger partial charge in [0.1, 0.15) is 5.82 Å². The largest absolute Gasteiger partial charge is 0.369 e. The highest BCUT2D eigenvalue weighted by atomic mass is 19.1. The van der Waals surface area contributed by atoms with Gasteiger partial charge in [0, 0.05) is 58.0 Å². The van der Waals surface area contributed by atoms with Crippen molar-refractivity contribution in [3.05, 3.63) is 30.1 Å². The fraction of sp³-hybridized carbons (Fsp3) is 0.632. The summed E-state index contributed by atoms with van der Waals surface area (Å²) in [6, 6.07) is 6.82. The Morgan fingerprint density at radius 1 is 1.04 bits per heavy atom. The van der Waals surface area contributed by atoms with Gasteiger partial charge in [-0.1, -0.05) is 0 Å². The van der Waals surface area contributed by atoms with Crippen LogP contribution in [0.15, 0.2) is 29.3 Å². The maximum absolute atomic E-state index is 13.0. The van der Waals surface area contributed by atoms with E-state index in [0.717, 1.165) is 70.5 Å². The number of piperazine rings is 1. The number of benzene rings is 1. The molecule has 0 atom stereocenters. The van der Waals surface area contributed by atoms with Gasteiger partial charge in [-0.3, -0.25) is 9.89 Å². The fourth-order valence-electron chi connectivity index (χ4n) is 3.53. The molecule has 6 heteroatoms. The Hall–Kier alpha value is -1.82. The average Bonchev–Trinajstić information content (AvgIpc) is 3.17. The molecule has 0 amide bonds. The number of hydrogen-bond acceptors (Lipinski definition) is 3. The number of rotatable bonds is 5. The smallest absolute Gasteiger partial charge is 0.193 e. The lowest BCUT2D eigenvalue weighted by atomic mass is 10.2. The second kappa shape index (κ2) is 9.04. The third kappa shape index (κ3) is 5.08. The molecule has 1 aromatic carbocycles. The lowest BCUT2D eigenvalue weighted by molar-refractivity contribution is 0.264. The molecule has 138 valence electrons. The van der Waals surface area contributed by atoms with Crippen LogP contribution in [0.1, 0.15) is 19.8 Å². The van der Waals surface area contributed by atoms with Crippen molar-refractivity contribution >= 4 is 11.6 Å². The van der Waals surface area contributed by atoms with Crippen LogP contribution in [0, 0.1) is 5.82 Å². The van der Waals surface area contributed by atoms with Crippen molar-refractivity contribution < 1.29 is 4.39 Å². The van der Waals surface area contributed by atoms with Gasteiger partial charge in [-0.05, 0) is 44.0 Å². The van der Waals surface area contributed by atoms with Crippen LogP contribution in [0.25, 0.3) is 0 Å². The van der Waals surface area contributed by atoms with E-state index in [1.54, 1.807) is 0 Å². The van der Waals surface area contributed by atoms with E-state index in [1.807, 2.05) is 12.1 Å². The highest BCUT2D eigenvalue weighted by molar-refractivity contribution is 5.80. The minimum absolute atomic E-state index is 0.172. The Morgan fingerprint density at radius 3 is 2.36 bits per heavy atom. The molecule has 2 aliphatic heterocycles. The topological polar surface area (TPSA) is 34.1 Å². The van der Waals surface area contributed by atoms with Crippen molar-refractivity contribution in [3.8, 4) is 0 Å². The van der Waals surface area contributed by atoms with Gasteiger partial charge in [-0.25, -0.2) is 4.39 Å². The number of anilines is 1. The highest BCUT2D eigenvalue weighted by Gasteiger charge is 2.18. The van der Waals surface area contributed by atoms with Crippen LogP contribution in [0.3, 0.4) is 0 Å². The number of hydrogen-bond donors (Lipinski definition) is 1. The van der Waals surface area contributed by atoms with Crippen LogP contribution < -0.4 is 10.2 Å². The van der Waals surface area contributed by atoms with Crippen molar-refractivity contribution in [3.63, 3.8) is 0 Å². The Labute approximate surface area is 150 Å². The molecule has 0 radical (unpaired) electrons. The molecular weight excluding hydrogens is 317 g/mol. The van der Waals surface area contributed by atoms with Crippen LogP contribution in [-0.4, -0.2) is 74.7 Å². The molecule has 2 aliphatic rings. The molecule has 2 fully saturated rings. The summed E-state index contributed by atoms with van der Waals surface area (Å²) in [5, 5.41) is 3.41. The molecule has 0 saturated carbocycles. The van der Waals surface area contributed by atoms with Gasteiger partial charge in [0.05, 0.1) is 6.54 Å². The molecule has 5 nitrogen and oxygen atoms in total. The minimum Gasteiger partial charge on any atom is -0.369 e. The maximum atomic E-state index is 13.0. The summed E-state index contributed by atoms with van der Waals surface area (Å²) in [6.07, 6.45) is 2.55. The Bertz CT molecular complexity index is 545. The summed E-state index contributed by atoms with van der Waals surface area (Å²) >= 11 is 0. The Kier molecular flexibility index (Phi) is 6.50. The lowest BCUT2D eigenvalue weighted by Gasteiger charge is -2.36. The summed E-state index contributed by atoms with van der Waals surface area (Å²) in [6.45, 7) is 11.2. The lowest BCUT2D eigenvalue weighted by Crippen LogP contribution is -2.47. The first-order valence-electron chi connectivity index (χ1n) is 9.52. The molecule has 2 heterocycles. The zero-order valence-corrected chi connectivity index (χ0v) is 15.3. The summed E-state index contributed by atoms with van der Waals surface area (Å²) in [5.74, 6) is 0.902. The molecule has 0 spiro atoms. The van der Waals surface area contributed by atoms with Gasteiger partial charge in [-0.2, -0.15) is 0 Å². The van der Waals surface area contributed by atoms with Crippen molar-refractivity contribution in [2.24, 2.45) is 4.99 Å². The number of nitrogens with zero attached hydrogens (tertiary/aromatic N) is 4. The standard InChI is InChI=1S/C19H30FN5/c1-2-21-19(25-10-3-4-11-25)22-9-12-23-13-15-24(16-14-23)18-7-5-17(20)6-8-18/h5-8H,2-4,9-16H2,1H3,(H,21,22). The summed E-state index contributed by atoms with van der Waals surface area (Å²) in [4.78, 5) is 12.0. The quantitative estimate of drug-likeness (QED) is 0.653. The minimum atomic E-state index is -0.172. The Morgan fingerprint density at radius 2 is 1.72 bits per heavy atom. The second-order valence-electron chi connectivity index (χ2n) is 6.73. The predicted molar refractivity (Wildman–Crippen MR) is 102 cm³/mol. The first kappa shape index (κ1) is 18.0. The van der Waals surface area contributed by atoms with Crippen LogP contribution in [0.2, 0.25) is 0 Å². The monoisotopic (exact) mass is 347 g/mol. The van der Waals surface area contributed by atoms with E-state index in [2.05, 4.69) is 26.9 Å². The van der Waals surface area contributed by atoms with Gasteiger partial charge in [0.25, 0.3) is 0 Å². The number of likely N-dealkylation sites (tertiary alicyclic amines) is 1. The van der Waals surface area contributed by atoms with Crippen LogP contribution >= 0.6 is 0 Å². The highest BCUT2D eigenvalue weighted by Crippen LogP contribution is 2.16. The molecule has 1 N–H and O–H groups in total. The number of aliphatic imine (C=N–C) groups is 1. The van der Waals surface area contributed by atoms with E-state index >= 15 is 0 Å². The van der Waals surface area contributed by atoms with Crippen molar-refractivity contribution in [2.45, 2.75) is 19.8 Å².